The summed E-state index contributed by atoms with van der Waals surface area (Å²) in [6.45, 7) is 0. The molecular formula is C9H11FN2O2. The molecule has 5 heteroatoms. The maximum atomic E-state index is 12.5. The molecule has 0 aliphatic rings. The number of hydrogen-bond donors (Lipinski definition) is 1. The first-order chi connectivity index (χ1) is 6.63. The topological polar surface area (TPSA) is 65.2 Å². The lowest BCUT2D eigenvalue weighted by molar-refractivity contribution is -0.142. The van der Waals surface area contributed by atoms with E-state index in [1.165, 1.54) is 19.2 Å². The SMILES string of the molecule is COC(=O)[C@@H](N)Cc1ccc(F)cn1. The van der Waals surface area contributed by atoms with Gasteiger partial charge in [-0.2, -0.15) is 0 Å². The van der Waals surface area contributed by atoms with Crippen LogP contribution >= 0.6 is 0 Å². The molecule has 0 spiro atoms. The molecule has 0 fully saturated rings. The maximum absolute atomic E-state index is 12.5. The molecule has 0 aliphatic carbocycles. The number of aromatic nitrogens is 1. The lowest BCUT2D eigenvalue weighted by atomic mass is 10.1. The molecule has 1 aromatic rings. The number of ether oxygens (including phenoxy) is 1. The molecule has 0 aliphatic heterocycles. The Labute approximate surface area is 80.9 Å². The zero-order valence-electron chi connectivity index (χ0n) is 7.74. The summed E-state index contributed by atoms with van der Waals surface area (Å²) in [7, 11) is 1.26. The zero-order valence-corrected chi connectivity index (χ0v) is 7.74. The van der Waals surface area contributed by atoms with Gasteiger partial charge >= 0.3 is 5.97 Å². The summed E-state index contributed by atoms with van der Waals surface area (Å²) < 4.78 is 16.9. The number of nitrogens with zero attached hydrogens (tertiary/aromatic N) is 1. The largest absolute Gasteiger partial charge is 0.468 e. The molecule has 14 heavy (non-hydrogen) atoms. The predicted octanol–water partition coefficient (Wildman–Crippen LogP) is 0.263. The van der Waals surface area contributed by atoms with Crippen LogP contribution in [0.1, 0.15) is 5.69 Å². The van der Waals surface area contributed by atoms with Crippen LogP contribution in [-0.4, -0.2) is 24.1 Å². The van der Waals surface area contributed by atoms with Crippen molar-refractivity contribution in [1.82, 2.24) is 4.98 Å². The molecule has 0 amide bonds. The number of nitrogens with two attached hydrogens (primary N) is 1. The van der Waals surface area contributed by atoms with Crippen molar-refractivity contribution in [3.63, 3.8) is 0 Å². The summed E-state index contributed by atoms with van der Waals surface area (Å²) in [5.41, 5.74) is 6.05. The van der Waals surface area contributed by atoms with Gasteiger partial charge in [-0.1, -0.05) is 0 Å². The maximum Gasteiger partial charge on any atom is 0.323 e. The van der Waals surface area contributed by atoms with Crippen LogP contribution in [0.3, 0.4) is 0 Å². The van der Waals surface area contributed by atoms with Crippen molar-refractivity contribution in [3.8, 4) is 0 Å². The number of carbonyl (C=O) groups excluding carboxylic acids is 1. The van der Waals surface area contributed by atoms with Crippen LogP contribution in [0.4, 0.5) is 4.39 Å². The standard InChI is InChI=1S/C9H11FN2O2/c1-14-9(13)8(11)4-7-3-2-6(10)5-12-7/h2-3,5,8H,4,11H2,1H3/t8-/m0/s1. The predicted molar refractivity (Wildman–Crippen MR) is 47.9 cm³/mol. The Morgan fingerprint density at radius 2 is 2.43 bits per heavy atom. The van der Waals surface area contributed by atoms with Crippen molar-refractivity contribution in [2.24, 2.45) is 5.73 Å². The van der Waals surface area contributed by atoms with Gasteiger partial charge in [-0.15, -0.1) is 0 Å². The molecule has 1 atom stereocenters. The zero-order chi connectivity index (χ0) is 10.6. The van der Waals surface area contributed by atoms with E-state index in [9.17, 15) is 9.18 Å². The Bertz CT molecular complexity index is 313. The Morgan fingerprint density at radius 1 is 1.71 bits per heavy atom. The van der Waals surface area contributed by atoms with Gasteiger partial charge in [-0.25, -0.2) is 4.39 Å². The van der Waals surface area contributed by atoms with E-state index in [-0.39, 0.29) is 6.42 Å². The summed E-state index contributed by atoms with van der Waals surface area (Å²) in [6.07, 6.45) is 1.33. The van der Waals surface area contributed by atoms with Crippen molar-refractivity contribution < 1.29 is 13.9 Å². The molecule has 1 rings (SSSR count). The third-order valence-corrected chi connectivity index (χ3v) is 1.72. The summed E-state index contributed by atoms with van der Waals surface area (Å²) >= 11 is 0. The van der Waals surface area contributed by atoms with Crippen LogP contribution in [0.15, 0.2) is 18.3 Å². The molecule has 0 aromatic carbocycles. The van der Waals surface area contributed by atoms with E-state index in [1.54, 1.807) is 0 Å². The second-order valence-corrected chi connectivity index (χ2v) is 2.80. The highest BCUT2D eigenvalue weighted by Gasteiger charge is 2.14. The van der Waals surface area contributed by atoms with Crippen LogP contribution in [0.25, 0.3) is 0 Å². The molecule has 0 saturated carbocycles. The van der Waals surface area contributed by atoms with E-state index in [1.807, 2.05) is 0 Å². The molecule has 0 radical (unpaired) electrons. The molecule has 76 valence electrons. The number of rotatable bonds is 3. The van der Waals surface area contributed by atoms with Crippen LogP contribution in [0.2, 0.25) is 0 Å². The smallest absolute Gasteiger partial charge is 0.323 e. The van der Waals surface area contributed by atoms with E-state index in [0.29, 0.717) is 5.69 Å². The Balaban J connectivity index is 2.60. The van der Waals surface area contributed by atoms with Crippen molar-refractivity contribution in [3.05, 3.63) is 29.8 Å². The number of pyridine rings is 1. The van der Waals surface area contributed by atoms with Gasteiger partial charge in [0.15, 0.2) is 0 Å². The molecule has 2 N–H and O–H groups in total. The Morgan fingerprint density at radius 3 is 2.93 bits per heavy atom. The third kappa shape index (κ3) is 2.77. The van der Waals surface area contributed by atoms with Gasteiger partial charge in [-0.3, -0.25) is 9.78 Å². The number of carbonyl (C=O) groups is 1. The molecule has 0 saturated heterocycles. The van der Waals surface area contributed by atoms with E-state index in [2.05, 4.69) is 9.72 Å². The molecule has 0 unspecified atom stereocenters. The summed E-state index contributed by atoms with van der Waals surface area (Å²) in [4.78, 5) is 14.7. The normalized spacial score (nSPS) is 12.2. The molecular weight excluding hydrogens is 187 g/mol. The van der Waals surface area contributed by atoms with Crippen molar-refractivity contribution >= 4 is 5.97 Å². The van der Waals surface area contributed by atoms with Crippen molar-refractivity contribution in [2.45, 2.75) is 12.5 Å². The first-order valence-corrected chi connectivity index (χ1v) is 4.07. The van der Waals surface area contributed by atoms with Crippen LogP contribution < -0.4 is 5.73 Å². The fourth-order valence-electron chi connectivity index (χ4n) is 0.987. The molecule has 1 heterocycles. The summed E-state index contributed by atoms with van der Waals surface area (Å²) in [6, 6.07) is 2.00. The van der Waals surface area contributed by atoms with Crippen molar-refractivity contribution in [2.75, 3.05) is 7.11 Å². The number of esters is 1. The van der Waals surface area contributed by atoms with Crippen molar-refractivity contribution in [1.29, 1.82) is 0 Å². The molecule has 0 bridgehead atoms. The second-order valence-electron chi connectivity index (χ2n) is 2.80. The lowest BCUT2D eigenvalue weighted by Gasteiger charge is -2.07. The van der Waals surface area contributed by atoms with E-state index in [0.717, 1.165) is 6.20 Å². The lowest BCUT2D eigenvalue weighted by Crippen LogP contribution is -2.33. The highest BCUT2D eigenvalue weighted by molar-refractivity contribution is 5.75. The number of halogens is 1. The fraction of sp³-hybridized carbons (Fsp3) is 0.333. The number of methoxy groups -OCH3 is 1. The minimum atomic E-state index is -0.752. The molecule has 1 aromatic heterocycles. The highest BCUT2D eigenvalue weighted by Crippen LogP contribution is 2.01. The van der Waals surface area contributed by atoms with E-state index >= 15 is 0 Å². The minimum absolute atomic E-state index is 0.243. The summed E-state index contributed by atoms with van der Waals surface area (Å²) in [5.74, 6) is -0.920. The van der Waals surface area contributed by atoms with Gasteiger partial charge in [0.1, 0.15) is 11.9 Å². The average Bonchev–Trinajstić information content (AvgIpc) is 2.20. The number of hydrogen-bond acceptors (Lipinski definition) is 4. The van der Waals surface area contributed by atoms with Crippen LogP contribution in [0, 0.1) is 5.82 Å². The van der Waals surface area contributed by atoms with E-state index < -0.39 is 17.8 Å². The highest BCUT2D eigenvalue weighted by atomic mass is 19.1. The van der Waals surface area contributed by atoms with Crippen LogP contribution in [0.5, 0.6) is 0 Å². The molecule has 4 nitrogen and oxygen atoms in total. The first-order valence-electron chi connectivity index (χ1n) is 4.07. The Kier molecular flexibility index (Phi) is 3.53. The van der Waals surface area contributed by atoms with Crippen LogP contribution in [-0.2, 0) is 16.0 Å². The second kappa shape index (κ2) is 4.66. The fourth-order valence-corrected chi connectivity index (χ4v) is 0.987. The quantitative estimate of drug-likeness (QED) is 0.708. The Hall–Kier alpha value is -1.49. The van der Waals surface area contributed by atoms with E-state index in [4.69, 9.17) is 5.73 Å². The van der Waals surface area contributed by atoms with Gasteiger partial charge in [0.25, 0.3) is 0 Å². The van der Waals surface area contributed by atoms with Gasteiger partial charge in [0.05, 0.1) is 13.3 Å². The van der Waals surface area contributed by atoms with Gasteiger partial charge in [-0.05, 0) is 12.1 Å². The first kappa shape index (κ1) is 10.6. The summed E-state index contributed by atoms with van der Waals surface area (Å²) in [5, 5.41) is 0. The monoisotopic (exact) mass is 198 g/mol. The third-order valence-electron chi connectivity index (χ3n) is 1.72. The van der Waals surface area contributed by atoms with Gasteiger partial charge < -0.3 is 10.5 Å². The average molecular weight is 198 g/mol. The van der Waals surface area contributed by atoms with Gasteiger partial charge in [0, 0.05) is 12.1 Å². The van der Waals surface area contributed by atoms with Gasteiger partial charge in [0.2, 0.25) is 0 Å². The minimum Gasteiger partial charge on any atom is -0.468 e.